The fraction of sp³-hybridized carbons (Fsp3) is 1.00. The molecule has 4 unspecified atom stereocenters. The van der Waals surface area contributed by atoms with Gasteiger partial charge in [0.1, 0.15) is 0 Å². The third-order valence-corrected chi connectivity index (χ3v) is 4.12. The van der Waals surface area contributed by atoms with Crippen LogP contribution in [-0.2, 0) is 0 Å². The molecule has 1 aliphatic carbocycles. The van der Waals surface area contributed by atoms with Gasteiger partial charge in [-0.25, -0.2) is 0 Å². The van der Waals surface area contributed by atoms with E-state index in [1.165, 1.54) is 0 Å². The van der Waals surface area contributed by atoms with Crippen LogP contribution in [-0.4, -0.2) is 25.0 Å². The Bertz CT molecular complexity index is 168. The molecule has 0 bridgehead atoms. The Balaban J connectivity index is 2.74. The molecule has 1 saturated carbocycles. The molecule has 0 radical (unpaired) electrons. The van der Waals surface area contributed by atoms with Gasteiger partial charge in [-0.05, 0) is 43.7 Å². The van der Waals surface area contributed by atoms with Crippen LogP contribution in [0.25, 0.3) is 0 Å². The monoisotopic (exact) mass is 197 g/mol. The van der Waals surface area contributed by atoms with Gasteiger partial charge in [-0.1, -0.05) is 34.6 Å². The molecule has 1 fully saturated rings. The smallest absolute Gasteiger partial charge is 0.0151 e. The summed E-state index contributed by atoms with van der Waals surface area (Å²) in [6.45, 7) is 11.9. The first-order valence-corrected chi connectivity index (χ1v) is 6.04. The van der Waals surface area contributed by atoms with Crippen LogP contribution in [0.2, 0.25) is 0 Å². The second-order valence-corrected chi connectivity index (χ2v) is 5.96. The van der Waals surface area contributed by atoms with Gasteiger partial charge in [-0.2, -0.15) is 0 Å². The summed E-state index contributed by atoms with van der Waals surface area (Å²) >= 11 is 0. The van der Waals surface area contributed by atoms with E-state index in [1.54, 1.807) is 0 Å². The topological polar surface area (TPSA) is 3.24 Å². The van der Waals surface area contributed by atoms with E-state index in [9.17, 15) is 0 Å². The summed E-state index contributed by atoms with van der Waals surface area (Å²) in [5.41, 5.74) is 0. The van der Waals surface area contributed by atoms with Crippen molar-refractivity contribution < 1.29 is 0 Å². The Morgan fingerprint density at radius 1 is 0.857 bits per heavy atom. The zero-order valence-corrected chi connectivity index (χ0v) is 10.9. The van der Waals surface area contributed by atoms with E-state index in [-0.39, 0.29) is 0 Å². The summed E-state index contributed by atoms with van der Waals surface area (Å²) in [5.74, 6) is 4.37. The predicted octanol–water partition coefficient (Wildman–Crippen LogP) is 3.11. The van der Waals surface area contributed by atoms with Crippen molar-refractivity contribution in [2.45, 2.75) is 40.7 Å². The molecule has 0 aliphatic heterocycles. The van der Waals surface area contributed by atoms with Crippen LogP contribution < -0.4 is 0 Å². The Morgan fingerprint density at radius 2 is 1.29 bits per heavy atom. The van der Waals surface area contributed by atoms with E-state index < -0.39 is 0 Å². The van der Waals surface area contributed by atoms with Gasteiger partial charge in [0.2, 0.25) is 0 Å². The fourth-order valence-electron chi connectivity index (χ4n) is 3.72. The Morgan fingerprint density at radius 3 is 1.57 bits per heavy atom. The lowest BCUT2D eigenvalue weighted by Gasteiger charge is -2.57. The summed E-state index contributed by atoms with van der Waals surface area (Å²) in [4.78, 5) is 2.42. The lowest BCUT2D eigenvalue weighted by Crippen LogP contribution is -2.60. The molecular weight excluding hydrogens is 170 g/mol. The molecule has 1 rings (SSSR count). The van der Waals surface area contributed by atoms with Crippen molar-refractivity contribution >= 4 is 0 Å². The van der Waals surface area contributed by atoms with Gasteiger partial charge >= 0.3 is 0 Å². The highest BCUT2D eigenvalue weighted by molar-refractivity contribution is 5.01. The Kier molecular flexibility index (Phi) is 3.63. The van der Waals surface area contributed by atoms with Crippen molar-refractivity contribution in [1.29, 1.82) is 0 Å². The molecule has 14 heavy (non-hydrogen) atoms. The first-order valence-electron chi connectivity index (χ1n) is 6.04. The minimum atomic E-state index is 0.808. The minimum absolute atomic E-state index is 0.808. The SMILES string of the molecule is CC(C)C1C(C)C(N(C)C)C1C(C)C. The summed E-state index contributed by atoms with van der Waals surface area (Å²) in [6, 6.07) is 0.808. The summed E-state index contributed by atoms with van der Waals surface area (Å²) in [5, 5.41) is 0. The van der Waals surface area contributed by atoms with E-state index in [1.807, 2.05) is 0 Å². The van der Waals surface area contributed by atoms with Crippen LogP contribution in [0.1, 0.15) is 34.6 Å². The third kappa shape index (κ3) is 1.84. The van der Waals surface area contributed by atoms with E-state index >= 15 is 0 Å². The van der Waals surface area contributed by atoms with Crippen LogP contribution >= 0.6 is 0 Å². The molecule has 0 aromatic heterocycles. The summed E-state index contributed by atoms with van der Waals surface area (Å²) in [6.07, 6.45) is 0. The first-order chi connectivity index (χ1) is 6.37. The van der Waals surface area contributed by atoms with Crippen molar-refractivity contribution in [2.75, 3.05) is 14.1 Å². The van der Waals surface area contributed by atoms with E-state index in [0.29, 0.717) is 0 Å². The van der Waals surface area contributed by atoms with Crippen molar-refractivity contribution in [3.8, 4) is 0 Å². The molecular formula is C13H27N. The Labute approximate surface area is 89.9 Å². The van der Waals surface area contributed by atoms with Gasteiger partial charge in [0, 0.05) is 6.04 Å². The maximum absolute atomic E-state index is 2.42. The number of nitrogens with zero attached hydrogens (tertiary/aromatic N) is 1. The molecule has 1 nitrogen and oxygen atoms in total. The highest BCUT2D eigenvalue weighted by Gasteiger charge is 2.50. The lowest BCUT2D eigenvalue weighted by molar-refractivity contribution is -0.0823. The molecule has 0 heterocycles. The van der Waals surface area contributed by atoms with Crippen molar-refractivity contribution in [2.24, 2.45) is 29.6 Å². The molecule has 0 aromatic rings. The molecule has 0 saturated heterocycles. The molecule has 1 heteroatoms. The first kappa shape index (κ1) is 12.0. The fourth-order valence-corrected chi connectivity index (χ4v) is 3.72. The zero-order valence-electron chi connectivity index (χ0n) is 10.9. The standard InChI is InChI=1S/C13H27N/c1-8(2)11-10(5)13(14(6)7)12(11)9(3)4/h8-13H,1-7H3. The molecule has 0 N–H and O–H groups in total. The van der Waals surface area contributed by atoms with E-state index in [0.717, 1.165) is 35.6 Å². The quantitative estimate of drug-likeness (QED) is 0.672. The van der Waals surface area contributed by atoms with Crippen LogP contribution in [0.5, 0.6) is 0 Å². The average Bonchev–Trinajstić information content (AvgIpc) is 1.97. The number of hydrogen-bond donors (Lipinski definition) is 0. The normalized spacial score (nSPS) is 38.1. The van der Waals surface area contributed by atoms with Gasteiger partial charge in [-0.3, -0.25) is 0 Å². The third-order valence-electron chi connectivity index (χ3n) is 4.12. The van der Waals surface area contributed by atoms with Gasteiger partial charge < -0.3 is 4.90 Å². The molecule has 0 amide bonds. The van der Waals surface area contributed by atoms with E-state index in [4.69, 9.17) is 0 Å². The number of hydrogen-bond acceptors (Lipinski definition) is 1. The second-order valence-electron chi connectivity index (χ2n) is 5.96. The Hall–Kier alpha value is -0.0400. The van der Waals surface area contributed by atoms with Gasteiger partial charge in [0.25, 0.3) is 0 Å². The van der Waals surface area contributed by atoms with E-state index in [2.05, 4.69) is 53.6 Å². The van der Waals surface area contributed by atoms with Crippen LogP contribution in [0.15, 0.2) is 0 Å². The molecule has 84 valence electrons. The lowest BCUT2D eigenvalue weighted by atomic mass is 9.53. The molecule has 0 aromatic carbocycles. The molecule has 1 aliphatic rings. The molecule has 0 spiro atoms. The number of rotatable bonds is 3. The second kappa shape index (κ2) is 4.22. The minimum Gasteiger partial charge on any atom is -0.306 e. The van der Waals surface area contributed by atoms with Crippen LogP contribution in [0.4, 0.5) is 0 Å². The highest BCUT2D eigenvalue weighted by atomic mass is 15.1. The zero-order chi connectivity index (χ0) is 11.0. The van der Waals surface area contributed by atoms with Gasteiger partial charge in [0.15, 0.2) is 0 Å². The predicted molar refractivity (Wildman–Crippen MR) is 63.3 cm³/mol. The van der Waals surface area contributed by atoms with Crippen molar-refractivity contribution in [1.82, 2.24) is 4.90 Å². The van der Waals surface area contributed by atoms with Crippen LogP contribution in [0, 0.1) is 29.6 Å². The largest absolute Gasteiger partial charge is 0.306 e. The van der Waals surface area contributed by atoms with Crippen molar-refractivity contribution in [3.05, 3.63) is 0 Å². The maximum atomic E-state index is 2.42. The maximum Gasteiger partial charge on any atom is 0.0151 e. The van der Waals surface area contributed by atoms with Crippen molar-refractivity contribution in [3.63, 3.8) is 0 Å². The van der Waals surface area contributed by atoms with Gasteiger partial charge in [0.05, 0.1) is 0 Å². The molecule has 4 atom stereocenters. The van der Waals surface area contributed by atoms with Gasteiger partial charge in [-0.15, -0.1) is 0 Å². The van der Waals surface area contributed by atoms with Crippen LogP contribution in [0.3, 0.4) is 0 Å². The highest BCUT2D eigenvalue weighted by Crippen LogP contribution is 2.50. The summed E-state index contributed by atoms with van der Waals surface area (Å²) < 4.78 is 0. The summed E-state index contributed by atoms with van der Waals surface area (Å²) in [7, 11) is 4.46. The average molecular weight is 197 g/mol.